The lowest BCUT2D eigenvalue weighted by Crippen LogP contribution is -2.57. The molecule has 0 aliphatic heterocycles. The topological polar surface area (TPSA) is 69.7 Å². The summed E-state index contributed by atoms with van der Waals surface area (Å²) in [6.45, 7) is -0.413. The summed E-state index contributed by atoms with van der Waals surface area (Å²) in [5, 5.41) is 0. The molecule has 0 amide bonds. The molecular weight excluding hydrogens is 546 g/mol. The standard InChI is InChI=1S/C18H15S.C15H18F2O5/c1-4-10-16(11-5-1)19(17-12-6-2-7-13-17)18-14-8-3-9-15-18;1-14(16,17)13(20)21-7-11(18)22-15-4-8-2-9(5-15)12(19)10(3-8)6-15/h1-15H;8-10H,2-7H2,1H3/q+1;. The summed E-state index contributed by atoms with van der Waals surface area (Å²) in [4.78, 5) is 38.9. The van der Waals surface area contributed by atoms with Gasteiger partial charge < -0.3 is 9.47 Å². The summed E-state index contributed by atoms with van der Waals surface area (Å²) < 4.78 is 35.0. The van der Waals surface area contributed by atoms with Gasteiger partial charge in [0.1, 0.15) is 11.4 Å². The minimum absolute atomic E-state index is 0.0146. The van der Waals surface area contributed by atoms with Crippen LogP contribution in [0.3, 0.4) is 0 Å². The molecule has 4 bridgehead atoms. The third-order valence-electron chi connectivity index (χ3n) is 7.88. The Morgan fingerprint density at radius 1 is 0.805 bits per heavy atom. The Morgan fingerprint density at radius 3 is 1.66 bits per heavy atom. The molecule has 0 radical (unpaired) electrons. The van der Waals surface area contributed by atoms with Crippen LogP contribution < -0.4 is 0 Å². The van der Waals surface area contributed by atoms with E-state index in [1.807, 2.05) is 0 Å². The maximum atomic E-state index is 12.7. The molecule has 2 unspecified atom stereocenters. The molecule has 0 aromatic heterocycles. The monoisotopic (exact) mass is 579 g/mol. The van der Waals surface area contributed by atoms with Gasteiger partial charge >= 0.3 is 17.9 Å². The SMILES string of the molecule is CC(F)(F)C(=O)OCC(=O)OC12CC3CC(C1)C(=O)C(C3)C2.c1ccc([S+](c2ccccc2)c2ccccc2)cc1. The highest BCUT2D eigenvalue weighted by atomic mass is 32.2. The molecule has 4 fully saturated rings. The number of carbonyl (C=O) groups excluding carboxylic acids is 3. The van der Waals surface area contributed by atoms with Crippen LogP contribution in [0.15, 0.2) is 106 Å². The Balaban J connectivity index is 0.000000166. The number of hydrogen-bond donors (Lipinski definition) is 0. The summed E-state index contributed by atoms with van der Waals surface area (Å²) in [7, 11) is -0.0146. The molecule has 0 saturated heterocycles. The first-order valence-corrected chi connectivity index (χ1v) is 15.1. The van der Waals surface area contributed by atoms with E-state index in [9.17, 15) is 23.2 Å². The van der Waals surface area contributed by atoms with Gasteiger partial charge in [0.25, 0.3) is 0 Å². The van der Waals surface area contributed by atoms with Crippen LogP contribution in [0, 0.1) is 17.8 Å². The molecule has 41 heavy (non-hydrogen) atoms. The molecule has 4 saturated carbocycles. The van der Waals surface area contributed by atoms with E-state index < -0.39 is 30.1 Å². The number of alkyl halides is 2. The van der Waals surface area contributed by atoms with E-state index in [1.165, 1.54) is 14.7 Å². The minimum Gasteiger partial charge on any atom is -0.456 e. The molecule has 0 spiro atoms. The fraction of sp³-hybridized carbons (Fsp3) is 0.364. The Morgan fingerprint density at radius 2 is 1.24 bits per heavy atom. The van der Waals surface area contributed by atoms with Crippen LogP contribution in [0.4, 0.5) is 8.78 Å². The van der Waals surface area contributed by atoms with E-state index in [-0.39, 0.29) is 28.5 Å². The zero-order valence-electron chi connectivity index (χ0n) is 22.8. The predicted octanol–water partition coefficient (Wildman–Crippen LogP) is 6.66. The summed E-state index contributed by atoms with van der Waals surface area (Å²) in [6.07, 6.45) is 3.42. The molecule has 214 valence electrons. The fourth-order valence-corrected chi connectivity index (χ4v) is 8.50. The number of benzene rings is 3. The van der Waals surface area contributed by atoms with Gasteiger partial charge in [-0.3, -0.25) is 4.79 Å². The smallest absolute Gasteiger partial charge is 0.377 e. The maximum Gasteiger partial charge on any atom is 0.377 e. The number of halogens is 2. The average Bonchev–Trinajstić information content (AvgIpc) is 2.96. The minimum atomic E-state index is -3.63. The van der Waals surface area contributed by atoms with Crippen molar-refractivity contribution in [2.24, 2.45) is 17.8 Å². The van der Waals surface area contributed by atoms with Gasteiger partial charge in [-0.2, -0.15) is 8.78 Å². The van der Waals surface area contributed by atoms with Crippen LogP contribution in [0.1, 0.15) is 39.0 Å². The molecular formula is C33H33F2O5S+. The van der Waals surface area contributed by atoms with Crippen molar-refractivity contribution in [3.8, 4) is 0 Å². The molecule has 3 aromatic rings. The lowest BCUT2D eigenvalue weighted by molar-refractivity contribution is -0.196. The van der Waals surface area contributed by atoms with E-state index in [1.54, 1.807) is 0 Å². The van der Waals surface area contributed by atoms with Crippen molar-refractivity contribution in [1.29, 1.82) is 0 Å². The van der Waals surface area contributed by atoms with Crippen LogP contribution in [0.5, 0.6) is 0 Å². The second-order valence-electron chi connectivity index (χ2n) is 11.1. The van der Waals surface area contributed by atoms with Crippen molar-refractivity contribution in [3.05, 3.63) is 91.0 Å². The van der Waals surface area contributed by atoms with E-state index in [0.29, 0.717) is 32.1 Å². The van der Waals surface area contributed by atoms with Crippen molar-refractivity contribution in [3.63, 3.8) is 0 Å². The van der Waals surface area contributed by atoms with E-state index in [4.69, 9.17) is 4.74 Å². The molecule has 0 heterocycles. The van der Waals surface area contributed by atoms with Crippen LogP contribution in [-0.4, -0.2) is 35.9 Å². The summed E-state index contributed by atoms with van der Waals surface area (Å²) in [6, 6.07) is 32.2. The van der Waals surface area contributed by atoms with Crippen LogP contribution in [0.25, 0.3) is 0 Å². The van der Waals surface area contributed by atoms with Crippen molar-refractivity contribution in [2.75, 3.05) is 6.61 Å². The van der Waals surface area contributed by atoms with E-state index >= 15 is 0 Å². The Hall–Kier alpha value is -3.52. The quantitative estimate of drug-likeness (QED) is 0.231. The van der Waals surface area contributed by atoms with Crippen molar-refractivity contribution in [1.82, 2.24) is 0 Å². The Kier molecular flexibility index (Phi) is 8.59. The Bertz CT molecular complexity index is 1250. The molecule has 4 aliphatic carbocycles. The molecule has 3 aromatic carbocycles. The molecule has 0 N–H and O–H groups in total. The normalized spacial score (nSPS) is 24.4. The van der Waals surface area contributed by atoms with Crippen molar-refractivity contribution >= 4 is 28.6 Å². The highest BCUT2D eigenvalue weighted by Crippen LogP contribution is 2.55. The number of carbonyl (C=O) groups is 3. The van der Waals surface area contributed by atoms with Crippen molar-refractivity contribution in [2.45, 2.75) is 65.2 Å². The number of Topliss-reactive ketones (excluding diaryl/α,β-unsaturated/α-hetero) is 1. The largest absolute Gasteiger partial charge is 0.456 e. The number of hydrogen-bond acceptors (Lipinski definition) is 5. The van der Waals surface area contributed by atoms with Gasteiger partial charge in [0.2, 0.25) is 0 Å². The van der Waals surface area contributed by atoms with Gasteiger partial charge in [0, 0.05) is 18.8 Å². The van der Waals surface area contributed by atoms with E-state index in [2.05, 4.69) is 95.7 Å². The van der Waals surface area contributed by atoms with Gasteiger partial charge in [0.05, 0.1) is 10.9 Å². The first-order valence-electron chi connectivity index (χ1n) is 13.8. The third kappa shape index (κ3) is 6.87. The zero-order valence-corrected chi connectivity index (χ0v) is 23.7. The number of ether oxygens (including phenoxy) is 2. The van der Waals surface area contributed by atoms with Crippen molar-refractivity contribution < 1.29 is 32.6 Å². The van der Waals surface area contributed by atoms with Gasteiger partial charge in [-0.15, -0.1) is 0 Å². The summed E-state index contributed by atoms with van der Waals surface area (Å²) in [5.74, 6) is -5.67. The highest BCUT2D eigenvalue weighted by Gasteiger charge is 2.57. The maximum absolute atomic E-state index is 12.7. The highest BCUT2D eigenvalue weighted by molar-refractivity contribution is 7.97. The second-order valence-corrected chi connectivity index (χ2v) is 13.1. The van der Waals surface area contributed by atoms with Crippen LogP contribution in [0.2, 0.25) is 0 Å². The first-order chi connectivity index (χ1) is 19.6. The van der Waals surface area contributed by atoms with Crippen LogP contribution >= 0.6 is 0 Å². The van der Waals surface area contributed by atoms with Gasteiger partial charge in [0.15, 0.2) is 21.3 Å². The Labute approximate surface area is 241 Å². The lowest BCUT2D eigenvalue weighted by atomic mass is 9.53. The van der Waals surface area contributed by atoms with Gasteiger partial charge in [-0.05, 0) is 74.4 Å². The average molecular weight is 580 g/mol. The lowest BCUT2D eigenvalue weighted by Gasteiger charge is -2.54. The number of ketones is 1. The van der Waals surface area contributed by atoms with E-state index in [0.717, 1.165) is 12.8 Å². The second kappa shape index (κ2) is 12.1. The number of rotatable bonds is 7. The van der Waals surface area contributed by atoms with Gasteiger partial charge in [-0.25, -0.2) is 9.59 Å². The fourth-order valence-electron chi connectivity index (χ4n) is 6.40. The van der Waals surface area contributed by atoms with Gasteiger partial charge in [-0.1, -0.05) is 54.6 Å². The predicted molar refractivity (Wildman–Crippen MR) is 150 cm³/mol. The summed E-state index contributed by atoms with van der Waals surface area (Å²) >= 11 is 0. The molecule has 8 heteroatoms. The molecule has 7 rings (SSSR count). The third-order valence-corrected chi connectivity index (χ3v) is 10.1. The zero-order chi connectivity index (χ0) is 29.0. The first kappa shape index (κ1) is 29.0. The molecule has 5 nitrogen and oxygen atoms in total. The molecule has 4 aliphatic rings. The molecule has 2 atom stereocenters. The summed E-state index contributed by atoms with van der Waals surface area (Å²) in [5.41, 5.74) is -0.678. The van der Waals surface area contributed by atoms with Crippen LogP contribution in [-0.2, 0) is 34.8 Å². The number of esters is 2.